The van der Waals surface area contributed by atoms with E-state index in [1.807, 2.05) is 36.4 Å². The van der Waals surface area contributed by atoms with Crippen molar-refractivity contribution in [3.63, 3.8) is 0 Å². The lowest BCUT2D eigenvalue weighted by molar-refractivity contribution is -0.122. The first kappa shape index (κ1) is 21.8. The minimum absolute atomic E-state index is 0.140. The van der Waals surface area contributed by atoms with Gasteiger partial charge in [-0.1, -0.05) is 30.3 Å². The first-order valence-electron chi connectivity index (χ1n) is 10.9. The minimum atomic E-state index is -0.643. The third kappa shape index (κ3) is 5.64. The number of rotatable bonds is 7. The van der Waals surface area contributed by atoms with Gasteiger partial charge in [0, 0.05) is 24.4 Å². The Morgan fingerprint density at radius 2 is 1.84 bits per heavy atom. The van der Waals surface area contributed by atoms with E-state index in [-0.39, 0.29) is 11.7 Å². The molecule has 3 aromatic rings. The van der Waals surface area contributed by atoms with E-state index in [0.29, 0.717) is 30.1 Å². The van der Waals surface area contributed by atoms with Gasteiger partial charge in [-0.25, -0.2) is 19.3 Å². The molecule has 1 saturated carbocycles. The number of carbonyl (C=O) groups excluding carboxylic acids is 1. The normalized spacial score (nSPS) is 19.2. The molecule has 7 nitrogen and oxygen atoms in total. The van der Waals surface area contributed by atoms with Gasteiger partial charge in [-0.3, -0.25) is 4.79 Å². The number of pyridine rings is 1. The van der Waals surface area contributed by atoms with Gasteiger partial charge in [0.05, 0.1) is 6.20 Å². The summed E-state index contributed by atoms with van der Waals surface area (Å²) in [5.41, 5.74) is 7.88. The van der Waals surface area contributed by atoms with Crippen molar-refractivity contribution in [1.29, 1.82) is 0 Å². The molecule has 2 aromatic heterocycles. The highest BCUT2D eigenvalue weighted by molar-refractivity contribution is 5.82. The predicted molar refractivity (Wildman–Crippen MR) is 121 cm³/mol. The largest absolute Gasteiger partial charge is 0.354 e. The quantitative estimate of drug-likeness (QED) is 0.522. The van der Waals surface area contributed by atoms with E-state index in [1.54, 1.807) is 12.3 Å². The van der Waals surface area contributed by atoms with Gasteiger partial charge in [0.1, 0.15) is 17.7 Å². The molecule has 0 bridgehead atoms. The number of nitrogens with zero attached hydrogens (tertiary/aromatic N) is 3. The van der Waals surface area contributed by atoms with E-state index in [0.717, 1.165) is 43.1 Å². The second-order valence-corrected chi connectivity index (χ2v) is 8.14. The van der Waals surface area contributed by atoms with Crippen molar-refractivity contribution in [3.8, 4) is 0 Å². The Morgan fingerprint density at radius 1 is 1.06 bits per heavy atom. The summed E-state index contributed by atoms with van der Waals surface area (Å²) in [5.74, 6) is 1.20. The van der Waals surface area contributed by atoms with Gasteiger partial charge in [0.25, 0.3) is 0 Å². The van der Waals surface area contributed by atoms with Crippen LogP contribution in [0, 0.1) is 11.7 Å². The third-order valence-electron chi connectivity index (χ3n) is 5.92. The van der Waals surface area contributed by atoms with Crippen molar-refractivity contribution in [3.05, 3.63) is 78.0 Å². The Kier molecular flexibility index (Phi) is 7.01. The van der Waals surface area contributed by atoms with Gasteiger partial charge in [-0.15, -0.1) is 0 Å². The van der Waals surface area contributed by atoms with Crippen LogP contribution < -0.4 is 16.4 Å². The molecule has 1 atom stereocenters. The number of amides is 1. The van der Waals surface area contributed by atoms with Crippen molar-refractivity contribution in [2.45, 2.75) is 37.6 Å². The third-order valence-corrected chi connectivity index (χ3v) is 5.92. The number of anilines is 2. The van der Waals surface area contributed by atoms with Crippen molar-refractivity contribution < 1.29 is 9.18 Å². The molecule has 0 radical (unpaired) electrons. The first-order chi connectivity index (χ1) is 15.6. The Hall–Kier alpha value is -3.39. The molecule has 0 saturated heterocycles. The van der Waals surface area contributed by atoms with Gasteiger partial charge in [-0.05, 0) is 55.4 Å². The molecule has 4 N–H and O–H groups in total. The van der Waals surface area contributed by atoms with Crippen LogP contribution in [-0.2, 0) is 4.79 Å². The van der Waals surface area contributed by atoms with Crippen molar-refractivity contribution in [2.75, 3.05) is 11.9 Å². The van der Waals surface area contributed by atoms with E-state index in [1.165, 1.54) is 6.07 Å². The molecule has 1 fully saturated rings. The summed E-state index contributed by atoms with van der Waals surface area (Å²) in [4.78, 5) is 25.2. The number of hydrogen-bond donors (Lipinski definition) is 3. The molecule has 2 heterocycles. The average molecular weight is 435 g/mol. The lowest BCUT2D eigenvalue weighted by Gasteiger charge is -2.28. The number of benzene rings is 1. The Bertz CT molecular complexity index is 1020. The zero-order valence-electron chi connectivity index (χ0n) is 17.7. The zero-order valence-corrected chi connectivity index (χ0v) is 17.7. The average Bonchev–Trinajstić information content (AvgIpc) is 2.84. The van der Waals surface area contributed by atoms with Crippen LogP contribution in [-0.4, -0.2) is 27.4 Å². The molecule has 0 unspecified atom stereocenters. The Labute approximate surface area is 186 Å². The lowest BCUT2D eigenvalue weighted by atomic mass is 9.80. The maximum atomic E-state index is 13.0. The van der Waals surface area contributed by atoms with E-state index in [2.05, 4.69) is 25.6 Å². The summed E-state index contributed by atoms with van der Waals surface area (Å²) in [7, 11) is 0. The van der Waals surface area contributed by atoms with Crippen LogP contribution in [0.3, 0.4) is 0 Å². The van der Waals surface area contributed by atoms with Gasteiger partial charge in [0.15, 0.2) is 0 Å². The number of aromatic nitrogens is 3. The number of nitrogens with two attached hydrogens (primary N) is 1. The molecule has 1 amide bonds. The van der Waals surface area contributed by atoms with Crippen LogP contribution >= 0.6 is 0 Å². The molecular formula is C24H27FN6O. The molecule has 0 spiro atoms. The molecule has 1 aromatic carbocycles. The summed E-state index contributed by atoms with van der Waals surface area (Å²) in [6, 6.07) is 13.6. The van der Waals surface area contributed by atoms with Crippen molar-refractivity contribution >= 4 is 17.7 Å². The summed E-state index contributed by atoms with van der Waals surface area (Å²) in [6.45, 7) is 0.638. The van der Waals surface area contributed by atoms with Gasteiger partial charge < -0.3 is 16.4 Å². The molecular weight excluding hydrogens is 407 g/mol. The van der Waals surface area contributed by atoms with Crippen molar-refractivity contribution in [1.82, 2.24) is 20.3 Å². The number of carbonyl (C=O) groups is 1. The second-order valence-electron chi connectivity index (χ2n) is 8.14. The van der Waals surface area contributed by atoms with E-state index < -0.39 is 6.04 Å². The standard InChI is InChI=1S/C24H27FN6O/c25-19-10-11-21(28-15-19)31-24-27-13-12-20(30-24)17-8-6-16(7-9-17)14-29-23(32)22(26)18-4-2-1-3-5-18/h1-5,10-13,15-17,22H,6-9,14,26H2,(H,29,32)(H,27,28,30,31)/t16?,17?,22-/m0/s1. The molecule has 1 aliphatic rings. The zero-order chi connectivity index (χ0) is 22.3. The summed E-state index contributed by atoms with van der Waals surface area (Å²) in [5, 5.41) is 6.03. The highest BCUT2D eigenvalue weighted by Crippen LogP contribution is 2.35. The molecule has 4 rings (SSSR count). The monoisotopic (exact) mass is 434 g/mol. The number of nitrogens with one attached hydrogen (secondary N) is 2. The molecule has 8 heteroatoms. The van der Waals surface area contributed by atoms with E-state index >= 15 is 0 Å². The van der Waals surface area contributed by atoms with Gasteiger partial charge in [-0.2, -0.15) is 0 Å². The topological polar surface area (TPSA) is 106 Å². The SMILES string of the molecule is N[C@H](C(=O)NCC1CCC(c2ccnc(Nc3ccc(F)cn3)n2)CC1)c1ccccc1. The van der Waals surface area contributed by atoms with Gasteiger partial charge >= 0.3 is 0 Å². The first-order valence-corrected chi connectivity index (χ1v) is 10.9. The van der Waals surface area contributed by atoms with Crippen LogP contribution in [0.25, 0.3) is 0 Å². The second kappa shape index (κ2) is 10.3. The molecule has 1 aliphatic carbocycles. The van der Waals surface area contributed by atoms with Gasteiger partial charge in [0.2, 0.25) is 11.9 Å². The number of halogens is 1. The fraction of sp³-hybridized carbons (Fsp3) is 0.333. The summed E-state index contributed by atoms with van der Waals surface area (Å²) >= 11 is 0. The van der Waals surface area contributed by atoms with Crippen LogP contribution in [0.1, 0.15) is 48.9 Å². The van der Waals surface area contributed by atoms with Crippen LogP contribution in [0.2, 0.25) is 0 Å². The smallest absolute Gasteiger partial charge is 0.241 e. The fourth-order valence-electron chi connectivity index (χ4n) is 4.05. The van der Waals surface area contributed by atoms with Crippen LogP contribution in [0.15, 0.2) is 60.9 Å². The van der Waals surface area contributed by atoms with E-state index in [4.69, 9.17) is 5.73 Å². The Balaban J connectivity index is 1.26. The summed E-state index contributed by atoms with van der Waals surface area (Å²) < 4.78 is 13.0. The highest BCUT2D eigenvalue weighted by atomic mass is 19.1. The maximum Gasteiger partial charge on any atom is 0.241 e. The van der Waals surface area contributed by atoms with Crippen molar-refractivity contribution in [2.24, 2.45) is 11.7 Å². The lowest BCUT2D eigenvalue weighted by Crippen LogP contribution is -2.37. The highest BCUT2D eigenvalue weighted by Gasteiger charge is 2.25. The van der Waals surface area contributed by atoms with Crippen LogP contribution in [0.4, 0.5) is 16.2 Å². The predicted octanol–water partition coefficient (Wildman–Crippen LogP) is 3.84. The Morgan fingerprint density at radius 3 is 2.56 bits per heavy atom. The maximum absolute atomic E-state index is 13.0. The molecule has 32 heavy (non-hydrogen) atoms. The minimum Gasteiger partial charge on any atom is -0.354 e. The molecule has 0 aliphatic heterocycles. The number of hydrogen-bond acceptors (Lipinski definition) is 6. The molecule has 166 valence electrons. The summed E-state index contributed by atoms with van der Waals surface area (Å²) in [6.07, 6.45) is 6.90. The fourth-order valence-corrected chi connectivity index (χ4v) is 4.05. The van der Waals surface area contributed by atoms with Crippen LogP contribution in [0.5, 0.6) is 0 Å². The van der Waals surface area contributed by atoms with E-state index in [9.17, 15) is 9.18 Å².